The molecule has 4 aromatic rings. The smallest absolute Gasteiger partial charge is 0.0623 e. The van der Waals surface area contributed by atoms with Crippen molar-refractivity contribution in [1.29, 1.82) is 0 Å². The molecule has 0 amide bonds. The van der Waals surface area contributed by atoms with E-state index < -0.39 is 8.07 Å². The van der Waals surface area contributed by atoms with Gasteiger partial charge in [-0.05, 0) is 67.0 Å². The molecule has 0 fully saturated rings. The second-order valence-electron chi connectivity index (χ2n) is 11.4. The second kappa shape index (κ2) is 9.84. The Morgan fingerprint density at radius 3 is 1.11 bits per heavy atom. The Kier molecular flexibility index (Phi) is 7.35. The molecular weight excluding hydrogens is 572 g/mol. The van der Waals surface area contributed by atoms with Crippen LogP contribution in [0.25, 0.3) is 0 Å². The van der Waals surface area contributed by atoms with Gasteiger partial charge < -0.3 is 0 Å². The molecule has 0 heterocycles. The molecule has 4 rings (SSSR count). The molecule has 0 bridgehead atoms. The van der Waals surface area contributed by atoms with Crippen LogP contribution in [0.5, 0.6) is 0 Å². The summed E-state index contributed by atoms with van der Waals surface area (Å²) < 4.78 is 2.27. The fraction of sp³-hybridized carbons (Fsp3) is 0.250. The largest absolute Gasteiger partial charge is 0.179 e. The summed E-state index contributed by atoms with van der Waals surface area (Å²) in [6.07, 6.45) is 0. The first-order valence-electron chi connectivity index (χ1n) is 12.2. The highest BCUT2D eigenvalue weighted by atomic mass is 79.9. The molecule has 0 N–H and O–H groups in total. The van der Waals surface area contributed by atoms with E-state index in [2.05, 4.69) is 170 Å². The molecule has 0 spiro atoms. The van der Waals surface area contributed by atoms with Crippen LogP contribution in [0.4, 0.5) is 0 Å². The highest BCUT2D eigenvalue weighted by Gasteiger charge is 2.42. The predicted molar refractivity (Wildman–Crippen MR) is 163 cm³/mol. The molecular formula is C32H34Br2Si. The molecule has 0 aliphatic heterocycles. The molecule has 180 valence electrons. The van der Waals surface area contributed by atoms with Crippen molar-refractivity contribution in [1.82, 2.24) is 0 Å². The normalized spacial score (nSPS) is 12.6. The van der Waals surface area contributed by atoms with E-state index in [-0.39, 0.29) is 10.8 Å². The molecule has 4 aromatic carbocycles. The van der Waals surface area contributed by atoms with E-state index in [0.717, 1.165) is 8.95 Å². The Bertz CT molecular complexity index is 1210. The van der Waals surface area contributed by atoms with Gasteiger partial charge in [-0.2, -0.15) is 0 Å². The van der Waals surface area contributed by atoms with Crippen LogP contribution in [0.15, 0.2) is 106 Å². The molecule has 0 saturated carbocycles. The quantitative estimate of drug-likeness (QED) is 0.171. The first-order valence-corrected chi connectivity index (χ1v) is 15.7. The molecule has 0 aromatic heterocycles. The lowest BCUT2D eigenvalue weighted by molar-refractivity contribution is 0.590. The van der Waals surface area contributed by atoms with Crippen LogP contribution in [0.3, 0.4) is 0 Å². The summed E-state index contributed by atoms with van der Waals surface area (Å²) in [6, 6.07) is 36.5. The molecule has 0 aliphatic carbocycles. The monoisotopic (exact) mass is 604 g/mol. The van der Waals surface area contributed by atoms with Crippen LogP contribution >= 0.6 is 31.9 Å². The molecule has 0 saturated heterocycles. The molecule has 35 heavy (non-hydrogen) atoms. The SMILES string of the molecule is CC(C)(C)c1cc(Br)cc([Si](c2ccccc2)(c2ccccc2)c2cc(Br)cc(C(C)(C)C)c2)c1. The first-order chi connectivity index (χ1) is 16.4. The third-order valence-electron chi connectivity index (χ3n) is 6.81. The van der Waals surface area contributed by atoms with Gasteiger partial charge >= 0.3 is 0 Å². The lowest BCUT2D eigenvalue weighted by Crippen LogP contribution is -2.75. The zero-order valence-electron chi connectivity index (χ0n) is 21.5. The van der Waals surface area contributed by atoms with Crippen molar-refractivity contribution in [3.05, 3.63) is 117 Å². The average Bonchev–Trinajstić information content (AvgIpc) is 2.79. The zero-order chi connectivity index (χ0) is 25.4. The third-order valence-corrected chi connectivity index (χ3v) is 12.4. The zero-order valence-corrected chi connectivity index (χ0v) is 25.7. The molecule has 0 radical (unpaired) electrons. The van der Waals surface area contributed by atoms with Crippen LogP contribution in [-0.2, 0) is 10.8 Å². The van der Waals surface area contributed by atoms with Crippen molar-refractivity contribution in [2.45, 2.75) is 52.4 Å². The van der Waals surface area contributed by atoms with Gasteiger partial charge in [-0.25, -0.2) is 0 Å². The lowest BCUT2D eigenvalue weighted by atomic mass is 9.87. The fourth-order valence-corrected chi connectivity index (χ4v) is 11.1. The minimum absolute atomic E-state index is 0.0416. The van der Waals surface area contributed by atoms with Crippen LogP contribution < -0.4 is 20.7 Å². The molecule has 0 aliphatic rings. The molecule has 3 heteroatoms. The summed E-state index contributed by atoms with van der Waals surface area (Å²) in [5, 5.41) is 5.57. The Morgan fingerprint density at radius 2 is 0.800 bits per heavy atom. The van der Waals surface area contributed by atoms with E-state index in [1.54, 1.807) is 0 Å². The summed E-state index contributed by atoms with van der Waals surface area (Å²) in [7, 11) is -2.64. The highest BCUT2D eigenvalue weighted by molar-refractivity contribution is 9.10. The van der Waals surface area contributed by atoms with Gasteiger partial charge in [0, 0.05) is 8.95 Å². The molecule has 0 atom stereocenters. The van der Waals surface area contributed by atoms with E-state index in [1.165, 1.54) is 31.9 Å². The number of benzene rings is 4. The molecule has 0 nitrogen and oxygen atoms in total. The van der Waals surface area contributed by atoms with Gasteiger partial charge in [0.15, 0.2) is 8.07 Å². The third kappa shape index (κ3) is 5.28. The minimum Gasteiger partial charge on any atom is -0.0623 e. The van der Waals surface area contributed by atoms with Gasteiger partial charge in [0.05, 0.1) is 0 Å². The van der Waals surface area contributed by atoms with Gasteiger partial charge in [-0.3, -0.25) is 0 Å². The van der Waals surface area contributed by atoms with Crippen LogP contribution in [0, 0.1) is 0 Å². The highest BCUT2D eigenvalue weighted by Crippen LogP contribution is 2.28. The van der Waals surface area contributed by atoms with Crippen LogP contribution in [-0.4, -0.2) is 8.07 Å². The van der Waals surface area contributed by atoms with Gasteiger partial charge in [0.25, 0.3) is 0 Å². The minimum atomic E-state index is -2.64. The Hall–Kier alpha value is -1.94. The van der Waals surface area contributed by atoms with E-state index in [9.17, 15) is 0 Å². The van der Waals surface area contributed by atoms with Crippen molar-refractivity contribution in [3.8, 4) is 0 Å². The topological polar surface area (TPSA) is 0 Å². The van der Waals surface area contributed by atoms with E-state index in [0.29, 0.717) is 0 Å². The Balaban J connectivity index is 2.22. The van der Waals surface area contributed by atoms with E-state index in [4.69, 9.17) is 0 Å². The van der Waals surface area contributed by atoms with Gasteiger partial charge in [-0.1, -0.05) is 146 Å². The van der Waals surface area contributed by atoms with Crippen LogP contribution in [0.1, 0.15) is 52.7 Å². The average molecular weight is 607 g/mol. The Labute approximate surface area is 229 Å². The van der Waals surface area contributed by atoms with E-state index >= 15 is 0 Å². The van der Waals surface area contributed by atoms with Crippen LogP contribution in [0.2, 0.25) is 0 Å². The van der Waals surface area contributed by atoms with Gasteiger partial charge in [0.1, 0.15) is 0 Å². The lowest BCUT2D eigenvalue weighted by Gasteiger charge is -2.36. The van der Waals surface area contributed by atoms with Crippen molar-refractivity contribution in [2.75, 3.05) is 0 Å². The first kappa shape index (κ1) is 26.1. The van der Waals surface area contributed by atoms with Crippen molar-refractivity contribution in [2.24, 2.45) is 0 Å². The summed E-state index contributed by atoms with van der Waals surface area (Å²) in [5.41, 5.74) is 2.77. The summed E-state index contributed by atoms with van der Waals surface area (Å²) in [4.78, 5) is 0. The number of rotatable bonds is 4. The number of hydrogen-bond acceptors (Lipinski definition) is 0. The number of halogens is 2. The summed E-state index contributed by atoms with van der Waals surface area (Å²) >= 11 is 7.78. The second-order valence-corrected chi connectivity index (χ2v) is 17.1. The maximum absolute atomic E-state index is 3.89. The predicted octanol–water partition coefficient (Wildman–Crippen LogP) is 7.18. The van der Waals surface area contributed by atoms with Crippen molar-refractivity contribution >= 4 is 60.7 Å². The maximum Gasteiger partial charge on any atom is 0.179 e. The summed E-state index contributed by atoms with van der Waals surface area (Å²) in [6.45, 7) is 13.8. The Morgan fingerprint density at radius 1 is 0.457 bits per heavy atom. The standard InChI is InChI=1S/C32H34Br2Si/c1-31(2,3)23-17-25(33)21-29(19-23)35(27-13-9-7-10-14-27,28-15-11-8-12-16-28)30-20-24(32(4,5)6)18-26(34)22-30/h7-22H,1-6H3. The van der Waals surface area contributed by atoms with E-state index in [1.807, 2.05) is 0 Å². The van der Waals surface area contributed by atoms with Gasteiger partial charge in [-0.15, -0.1) is 0 Å². The fourth-order valence-electron chi connectivity index (χ4n) is 4.85. The molecule has 0 unspecified atom stereocenters. The summed E-state index contributed by atoms with van der Waals surface area (Å²) in [5.74, 6) is 0. The maximum atomic E-state index is 3.89. The number of hydrogen-bond donors (Lipinski definition) is 0. The van der Waals surface area contributed by atoms with Crippen molar-refractivity contribution < 1.29 is 0 Å². The van der Waals surface area contributed by atoms with Gasteiger partial charge in [0.2, 0.25) is 0 Å². The van der Waals surface area contributed by atoms with Crippen molar-refractivity contribution in [3.63, 3.8) is 0 Å².